The van der Waals surface area contributed by atoms with E-state index < -0.39 is 0 Å². The van der Waals surface area contributed by atoms with Crippen LogP contribution in [0.15, 0.2) is 12.2 Å². The average molecular weight is 248 g/mol. The van der Waals surface area contributed by atoms with Crippen LogP contribution in [0.5, 0.6) is 0 Å². The van der Waals surface area contributed by atoms with Crippen LogP contribution in [0.3, 0.4) is 0 Å². The van der Waals surface area contributed by atoms with E-state index in [1.165, 1.54) is 0 Å². The van der Waals surface area contributed by atoms with Crippen LogP contribution >= 0.6 is 0 Å². The van der Waals surface area contributed by atoms with E-state index in [0.29, 0.717) is 0 Å². The summed E-state index contributed by atoms with van der Waals surface area (Å²) in [5, 5.41) is 2.54. The normalized spacial score (nSPS) is 41.4. The van der Waals surface area contributed by atoms with Crippen molar-refractivity contribution in [3.8, 4) is 0 Å². The number of carbonyl (C=O) groups excluding carboxylic acids is 2. The number of rotatable bonds is 3. The van der Waals surface area contributed by atoms with E-state index >= 15 is 0 Å². The molecular weight excluding hydrogens is 228 g/mol. The second kappa shape index (κ2) is 3.92. The van der Waals surface area contributed by atoms with Crippen molar-refractivity contribution in [2.75, 3.05) is 13.1 Å². The molecule has 1 aliphatic heterocycles. The Morgan fingerprint density at radius 3 is 2.61 bits per heavy atom. The van der Waals surface area contributed by atoms with Gasteiger partial charge in [0.25, 0.3) is 0 Å². The monoisotopic (exact) mass is 248 g/mol. The summed E-state index contributed by atoms with van der Waals surface area (Å²) in [5.41, 5.74) is -0.223. The number of amides is 2. The largest absolute Gasteiger partial charge is 0.296 e. The minimum Gasteiger partial charge on any atom is -0.296 e. The van der Waals surface area contributed by atoms with Gasteiger partial charge in [0.15, 0.2) is 0 Å². The van der Waals surface area contributed by atoms with Gasteiger partial charge < -0.3 is 0 Å². The Kier molecular flexibility index (Phi) is 2.59. The predicted octanol–water partition coefficient (Wildman–Crippen LogP) is 0.936. The molecule has 1 heterocycles. The van der Waals surface area contributed by atoms with Crippen molar-refractivity contribution in [2.45, 2.75) is 32.2 Å². The van der Waals surface area contributed by atoms with Gasteiger partial charge in [0.1, 0.15) is 0 Å². The number of carbonyl (C=O) groups is 2. The molecule has 4 unspecified atom stereocenters. The topological polar surface area (TPSA) is 49.4 Å². The van der Waals surface area contributed by atoms with Crippen LogP contribution in [0.4, 0.5) is 0 Å². The smallest absolute Gasteiger partial charge is 0.232 e. The van der Waals surface area contributed by atoms with Crippen molar-refractivity contribution < 1.29 is 9.59 Å². The van der Waals surface area contributed by atoms with Crippen molar-refractivity contribution in [1.29, 1.82) is 0 Å². The first-order chi connectivity index (χ1) is 8.64. The van der Waals surface area contributed by atoms with E-state index in [2.05, 4.69) is 36.2 Å². The Balaban J connectivity index is 2.08. The third-order valence-corrected chi connectivity index (χ3v) is 5.05. The summed E-state index contributed by atoms with van der Waals surface area (Å²) in [6, 6.07) is 0. The van der Waals surface area contributed by atoms with Crippen LogP contribution in [-0.2, 0) is 9.59 Å². The number of nitrogens with zero attached hydrogens (tertiary/aromatic N) is 1. The summed E-state index contributed by atoms with van der Waals surface area (Å²) in [5.74, 6) is -0.161. The van der Waals surface area contributed by atoms with Crippen molar-refractivity contribution in [3.63, 3.8) is 0 Å². The zero-order chi connectivity index (χ0) is 12.9. The third kappa shape index (κ3) is 1.30. The number of nitrogens with one attached hydrogen (secondary N) is 1. The Labute approximate surface area is 107 Å². The number of fused-ring (bicyclic) bond motifs is 1. The number of hydrogen-bond donors (Lipinski definition) is 1. The molecule has 3 aliphatic carbocycles. The minimum atomic E-state index is -0.223. The third-order valence-electron chi connectivity index (χ3n) is 5.05. The zero-order valence-electron chi connectivity index (χ0n) is 11.0. The molecule has 2 bridgehead atoms. The summed E-state index contributed by atoms with van der Waals surface area (Å²) in [6.07, 6.45) is 6.39. The molecule has 0 aromatic heterocycles. The molecule has 2 amide bonds. The first kappa shape index (κ1) is 11.9. The number of allylic oxidation sites excluding steroid dienone is 1. The molecule has 0 aromatic rings. The van der Waals surface area contributed by atoms with Crippen molar-refractivity contribution in [3.05, 3.63) is 12.2 Å². The number of hydrogen-bond acceptors (Lipinski definition) is 3. The van der Waals surface area contributed by atoms with Crippen LogP contribution in [0.1, 0.15) is 26.7 Å². The van der Waals surface area contributed by atoms with Crippen molar-refractivity contribution >= 4 is 11.8 Å². The van der Waals surface area contributed by atoms with Crippen LogP contribution < -0.4 is 5.32 Å². The number of imide groups is 1. The van der Waals surface area contributed by atoms with Gasteiger partial charge in [0, 0.05) is 0 Å². The van der Waals surface area contributed by atoms with Crippen LogP contribution in [0, 0.1) is 17.8 Å². The molecule has 2 fully saturated rings. The van der Waals surface area contributed by atoms with Crippen molar-refractivity contribution in [1.82, 2.24) is 10.2 Å². The van der Waals surface area contributed by atoms with Gasteiger partial charge in [-0.2, -0.15) is 0 Å². The first-order valence-corrected chi connectivity index (χ1v) is 6.93. The lowest BCUT2D eigenvalue weighted by Crippen LogP contribution is -2.61. The standard InChI is InChI=1S/C14H20N2O2/c1-3-16(4-2)14-7-5-9(6-8-14)10-11(14)13(18)15-12(10)17/h5,7,9-11H,3-4,6,8H2,1-2H3,(H,15,17,18). The van der Waals surface area contributed by atoms with Gasteiger partial charge in [-0.3, -0.25) is 19.8 Å². The SMILES string of the molecule is CCN(CC)C12C=CC(CC1)C1C(=O)NC(=O)C12. The van der Waals surface area contributed by atoms with Gasteiger partial charge in [0.2, 0.25) is 11.8 Å². The molecule has 4 atom stereocenters. The van der Waals surface area contributed by atoms with E-state index in [0.717, 1.165) is 25.9 Å². The maximum atomic E-state index is 12.2. The zero-order valence-corrected chi connectivity index (χ0v) is 11.0. The molecule has 4 nitrogen and oxygen atoms in total. The molecule has 0 radical (unpaired) electrons. The predicted molar refractivity (Wildman–Crippen MR) is 67.6 cm³/mol. The van der Waals surface area contributed by atoms with E-state index in [9.17, 15) is 9.59 Å². The Bertz CT molecular complexity index is 428. The highest BCUT2D eigenvalue weighted by Crippen LogP contribution is 2.52. The van der Waals surface area contributed by atoms with Gasteiger partial charge in [-0.15, -0.1) is 0 Å². The fraction of sp³-hybridized carbons (Fsp3) is 0.714. The highest BCUT2D eigenvalue weighted by atomic mass is 16.2. The Hall–Kier alpha value is -1.16. The van der Waals surface area contributed by atoms with E-state index in [-0.39, 0.29) is 35.1 Å². The fourth-order valence-corrected chi connectivity index (χ4v) is 4.28. The van der Waals surface area contributed by atoms with E-state index in [4.69, 9.17) is 0 Å². The van der Waals surface area contributed by atoms with E-state index in [1.54, 1.807) is 0 Å². The second-order valence-electron chi connectivity index (χ2n) is 5.58. The highest BCUT2D eigenvalue weighted by molar-refractivity contribution is 6.06. The molecule has 0 aromatic carbocycles. The lowest BCUT2D eigenvalue weighted by atomic mass is 9.58. The Morgan fingerprint density at radius 2 is 2.06 bits per heavy atom. The lowest BCUT2D eigenvalue weighted by molar-refractivity contribution is -0.131. The van der Waals surface area contributed by atoms with Gasteiger partial charge >= 0.3 is 0 Å². The van der Waals surface area contributed by atoms with Gasteiger partial charge in [-0.05, 0) is 31.8 Å². The lowest BCUT2D eigenvalue weighted by Gasteiger charge is -2.53. The van der Waals surface area contributed by atoms with Gasteiger partial charge in [-0.25, -0.2) is 0 Å². The Morgan fingerprint density at radius 1 is 1.33 bits per heavy atom. The highest BCUT2D eigenvalue weighted by Gasteiger charge is 2.61. The summed E-state index contributed by atoms with van der Waals surface area (Å²) < 4.78 is 0. The molecule has 98 valence electrons. The van der Waals surface area contributed by atoms with Crippen LogP contribution in [0.2, 0.25) is 0 Å². The maximum absolute atomic E-state index is 12.2. The van der Waals surface area contributed by atoms with Crippen LogP contribution in [-0.4, -0.2) is 35.3 Å². The molecule has 0 spiro atoms. The summed E-state index contributed by atoms with van der Waals surface area (Å²) in [4.78, 5) is 26.5. The molecule has 18 heavy (non-hydrogen) atoms. The van der Waals surface area contributed by atoms with Crippen molar-refractivity contribution in [2.24, 2.45) is 17.8 Å². The molecule has 4 aliphatic rings. The second-order valence-corrected chi connectivity index (χ2v) is 5.58. The number of likely N-dealkylation sites (N-methyl/N-ethyl adjacent to an activating group) is 1. The van der Waals surface area contributed by atoms with Gasteiger partial charge in [0.05, 0.1) is 17.4 Å². The first-order valence-electron chi connectivity index (χ1n) is 6.93. The van der Waals surface area contributed by atoms with Gasteiger partial charge in [-0.1, -0.05) is 26.0 Å². The quantitative estimate of drug-likeness (QED) is 0.597. The molecule has 4 heteroatoms. The summed E-state index contributed by atoms with van der Waals surface area (Å²) in [7, 11) is 0. The fourth-order valence-electron chi connectivity index (χ4n) is 4.28. The molecule has 1 saturated carbocycles. The van der Waals surface area contributed by atoms with Crippen LogP contribution in [0.25, 0.3) is 0 Å². The molecule has 1 N–H and O–H groups in total. The summed E-state index contributed by atoms with van der Waals surface area (Å²) >= 11 is 0. The van der Waals surface area contributed by atoms with E-state index in [1.807, 2.05) is 0 Å². The minimum absolute atomic E-state index is 0.0596. The maximum Gasteiger partial charge on any atom is 0.232 e. The molecular formula is C14H20N2O2. The average Bonchev–Trinajstić information content (AvgIpc) is 2.70. The molecule has 4 rings (SSSR count). The molecule has 1 saturated heterocycles. The summed E-state index contributed by atoms with van der Waals surface area (Å²) in [6.45, 7) is 6.07.